The number of unbranched alkanes of at least 4 members (excludes halogenated alkanes) is 1. The van der Waals surface area contributed by atoms with Crippen LogP contribution in [0.4, 0.5) is 0 Å². The zero-order valence-electron chi connectivity index (χ0n) is 19.5. The third-order valence-corrected chi connectivity index (χ3v) is 7.46. The molecule has 2 rings (SSSR count). The highest BCUT2D eigenvalue weighted by Gasteiger charge is 2.45. The standard InChI is InChI=1S/C24H47BNO2/c1-6-13-21-23(20-15-10-8-9-14-19(3)18-20)25-28-24(4,5)22(26(21)7-2)16-11-12-17-27/h19-23,27H,6-18H2,1-5H3. The first-order valence-electron chi connectivity index (χ1n) is 12.3. The van der Waals surface area contributed by atoms with Gasteiger partial charge < -0.3 is 9.76 Å². The van der Waals surface area contributed by atoms with Crippen LogP contribution in [0.5, 0.6) is 0 Å². The number of aliphatic hydroxyl groups is 1. The van der Waals surface area contributed by atoms with Crippen molar-refractivity contribution >= 4 is 7.48 Å². The van der Waals surface area contributed by atoms with Gasteiger partial charge in [-0.3, -0.25) is 4.90 Å². The summed E-state index contributed by atoms with van der Waals surface area (Å²) in [6.07, 6.45) is 13.9. The molecule has 2 fully saturated rings. The molecule has 0 spiro atoms. The molecule has 1 saturated heterocycles. The van der Waals surface area contributed by atoms with E-state index in [0.29, 0.717) is 24.5 Å². The molecule has 163 valence electrons. The molecule has 0 aromatic heterocycles. The van der Waals surface area contributed by atoms with Crippen LogP contribution >= 0.6 is 0 Å². The average Bonchev–Trinajstić information content (AvgIpc) is 2.74. The van der Waals surface area contributed by atoms with E-state index >= 15 is 0 Å². The summed E-state index contributed by atoms with van der Waals surface area (Å²) in [5.74, 6) is 2.14. The summed E-state index contributed by atoms with van der Waals surface area (Å²) in [5, 5.41) is 9.28. The van der Waals surface area contributed by atoms with E-state index in [1.807, 2.05) is 0 Å². The van der Waals surface area contributed by atoms with E-state index in [1.165, 1.54) is 51.4 Å². The van der Waals surface area contributed by atoms with E-state index in [-0.39, 0.29) is 5.60 Å². The number of aliphatic hydroxyl groups excluding tert-OH is 1. The summed E-state index contributed by atoms with van der Waals surface area (Å²) in [6, 6.07) is 1.01. The van der Waals surface area contributed by atoms with E-state index in [0.717, 1.165) is 37.6 Å². The van der Waals surface area contributed by atoms with Gasteiger partial charge in [-0.2, -0.15) is 0 Å². The van der Waals surface area contributed by atoms with Crippen molar-refractivity contribution in [2.24, 2.45) is 11.8 Å². The Morgan fingerprint density at radius 1 is 1.07 bits per heavy atom. The third kappa shape index (κ3) is 6.47. The van der Waals surface area contributed by atoms with Gasteiger partial charge in [-0.1, -0.05) is 59.3 Å². The smallest absolute Gasteiger partial charge is 0.298 e. The van der Waals surface area contributed by atoms with Crippen LogP contribution in [0, 0.1) is 11.8 Å². The maximum absolute atomic E-state index is 9.28. The quantitative estimate of drug-likeness (QED) is 0.417. The van der Waals surface area contributed by atoms with Crippen LogP contribution in [-0.2, 0) is 4.65 Å². The SMILES string of the molecule is CCCC1C(C2CCCCCC(C)C2)[B]OC(C)(C)C(CCCCO)N1CC. The molecule has 0 aromatic carbocycles. The molecule has 1 heterocycles. The van der Waals surface area contributed by atoms with Crippen molar-refractivity contribution in [3.8, 4) is 0 Å². The van der Waals surface area contributed by atoms with Crippen LogP contribution in [0.25, 0.3) is 0 Å². The van der Waals surface area contributed by atoms with E-state index in [4.69, 9.17) is 4.65 Å². The Kier molecular flexibility index (Phi) is 10.3. The Bertz CT molecular complexity index is 431. The molecule has 2 aliphatic rings. The average molecular weight is 392 g/mol. The minimum atomic E-state index is -0.167. The second-order valence-corrected chi connectivity index (χ2v) is 10.1. The maximum atomic E-state index is 9.28. The zero-order valence-corrected chi connectivity index (χ0v) is 19.5. The summed E-state index contributed by atoms with van der Waals surface area (Å²) < 4.78 is 6.59. The summed E-state index contributed by atoms with van der Waals surface area (Å²) >= 11 is 0. The highest BCUT2D eigenvalue weighted by Crippen LogP contribution is 2.43. The predicted octanol–water partition coefficient (Wildman–Crippen LogP) is 5.83. The Morgan fingerprint density at radius 2 is 1.82 bits per heavy atom. The topological polar surface area (TPSA) is 32.7 Å². The van der Waals surface area contributed by atoms with Crippen molar-refractivity contribution in [3.63, 3.8) is 0 Å². The fourth-order valence-electron chi connectivity index (χ4n) is 5.95. The fraction of sp³-hybridized carbons (Fsp3) is 1.00. The summed E-state index contributed by atoms with van der Waals surface area (Å²) in [6.45, 7) is 13.1. The maximum Gasteiger partial charge on any atom is 0.298 e. The molecule has 5 atom stereocenters. The van der Waals surface area contributed by atoms with Crippen LogP contribution in [0.1, 0.15) is 105 Å². The highest BCUT2D eigenvalue weighted by atomic mass is 16.5. The number of likely N-dealkylation sites (N-methyl/N-ethyl adjacent to an activating group) is 1. The highest BCUT2D eigenvalue weighted by molar-refractivity contribution is 6.30. The largest absolute Gasteiger partial charge is 0.434 e. The first-order valence-corrected chi connectivity index (χ1v) is 12.3. The Morgan fingerprint density at radius 3 is 2.50 bits per heavy atom. The minimum Gasteiger partial charge on any atom is -0.434 e. The van der Waals surface area contributed by atoms with Gasteiger partial charge >= 0.3 is 0 Å². The van der Waals surface area contributed by atoms with Crippen molar-refractivity contribution in [1.29, 1.82) is 0 Å². The van der Waals surface area contributed by atoms with Crippen molar-refractivity contribution in [2.75, 3.05) is 13.2 Å². The van der Waals surface area contributed by atoms with Crippen molar-refractivity contribution in [1.82, 2.24) is 4.90 Å². The molecular weight excluding hydrogens is 345 g/mol. The molecule has 5 unspecified atom stereocenters. The molecule has 4 heteroatoms. The van der Waals surface area contributed by atoms with Gasteiger partial charge in [0, 0.05) is 18.7 Å². The molecular formula is C24H47BNO2. The van der Waals surface area contributed by atoms with Gasteiger partial charge in [-0.15, -0.1) is 0 Å². The van der Waals surface area contributed by atoms with Gasteiger partial charge in [0.25, 0.3) is 7.48 Å². The number of nitrogens with zero attached hydrogens (tertiary/aromatic N) is 1. The van der Waals surface area contributed by atoms with Crippen molar-refractivity contribution < 1.29 is 9.76 Å². The monoisotopic (exact) mass is 392 g/mol. The minimum absolute atomic E-state index is 0.167. The Labute approximate surface area is 176 Å². The lowest BCUT2D eigenvalue weighted by molar-refractivity contribution is -0.00689. The lowest BCUT2D eigenvalue weighted by atomic mass is 9.61. The second kappa shape index (κ2) is 12.0. The second-order valence-electron chi connectivity index (χ2n) is 10.1. The Hall–Kier alpha value is -0.0551. The van der Waals surface area contributed by atoms with Crippen LogP contribution in [0.15, 0.2) is 0 Å². The number of hydrogen-bond acceptors (Lipinski definition) is 3. The van der Waals surface area contributed by atoms with E-state index in [1.54, 1.807) is 0 Å². The molecule has 3 nitrogen and oxygen atoms in total. The summed E-state index contributed by atoms with van der Waals surface area (Å²) in [5.41, 5.74) is -0.167. The van der Waals surface area contributed by atoms with Gasteiger partial charge in [-0.25, -0.2) is 0 Å². The van der Waals surface area contributed by atoms with Crippen molar-refractivity contribution in [3.05, 3.63) is 0 Å². The number of rotatable bonds is 8. The van der Waals surface area contributed by atoms with Crippen molar-refractivity contribution in [2.45, 2.75) is 129 Å². The van der Waals surface area contributed by atoms with Gasteiger partial charge in [0.15, 0.2) is 0 Å². The van der Waals surface area contributed by atoms with Gasteiger partial charge in [0.1, 0.15) is 0 Å². The molecule has 1 N–H and O–H groups in total. The van der Waals surface area contributed by atoms with Crippen LogP contribution < -0.4 is 0 Å². The van der Waals surface area contributed by atoms with Gasteiger partial charge in [0.05, 0.1) is 5.60 Å². The lowest BCUT2D eigenvalue weighted by Gasteiger charge is -2.45. The van der Waals surface area contributed by atoms with Crippen LogP contribution in [-0.4, -0.2) is 48.3 Å². The van der Waals surface area contributed by atoms with E-state index in [2.05, 4.69) is 47.0 Å². The molecule has 28 heavy (non-hydrogen) atoms. The Balaban J connectivity index is 2.27. The molecule has 0 bridgehead atoms. The predicted molar refractivity (Wildman–Crippen MR) is 121 cm³/mol. The normalized spacial score (nSPS) is 34.9. The lowest BCUT2D eigenvalue weighted by Crippen LogP contribution is -2.53. The first kappa shape index (κ1) is 24.2. The van der Waals surface area contributed by atoms with Gasteiger partial charge in [-0.05, 0) is 70.1 Å². The van der Waals surface area contributed by atoms with E-state index < -0.39 is 0 Å². The van der Waals surface area contributed by atoms with Gasteiger partial charge in [0.2, 0.25) is 0 Å². The molecule has 1 aliphatic heterocycles. The molecule has 0 amide bonds. The van der Waals surface area contributed by atoms with Crippen LogP contribution in [0.3, 0.4) is 0 Å². The fourth-order valence-corrected chi connectivity index (χ4v) is 5.95. The molecule has 0 aromatic rings. The molecule has 1 saturated carbocycles. The van der Waals surface area contributed by atoms with E-state index in [9.17, 15) is 5.11 Å². The molecule has 1 aliphatic carbocycles. The van der Waals surface area contributed by atoms with Crippen LogP contribution in [0.2, 0.25) is 5.82 Å². The number of hydrogen-bond donors (Lipinski definition) is 1. The summed E-state index contributed by atoms with van der Waals surface area (Å²) in [7, 11) is 2.29. The third-order valence-electron chi connectivity index (χ3n) is 7.46. The first-order chi connectivity index (χ1) is 13.4. The molecule has 1 radical (unpaired) electrons. The zero-order chi connectivity index (χ0) is 20.6. The summed E-state index contributed by atoms with van der Waals surface area (Å²) in [4.78, 5) is 2.79.